The minimum absolute atomic E-state index is 0.304. The fourth-order valence-corrected chi connectivity index (χ4v) is 1.92. The molecule has 20 heavy (non-hydrogen) atoms. The Balaban J connectivity index is 2.37. The first kappa shape index (κ1) is 14.5. The predicted octanol–water partition coefficient (Wildman–Crippen LogP) is 3.86. The Labute approximate surface area is 122 Å². The van der Waals surface area contributed by atoms with Gasteiger partial charge < -0.3 is 11.1 Å². The predicted molar refractivity (Wildman–Crippen MR) is 79.9 cm³/mol. The summed E-state index contributed by atoms with van der Waals surface area (Å²) in [6.07, 6.45) is 1.64. The van der Waals surface area contributed by atoms with Crippen molar-refractivity contribution >= 4 is 28.9 Å². The van der Waals surface area contributed by atoms with Crippen molar-refractivity contribution in [3.63, 3.8) is 0 Å². The molecule has 4 nitrogen and oxygen atoms in total. The molecule has 1 aromatic heterocycles. The van der Waals surface area contributed by atoms with Gasteiger partial charge in [-0.2, -0.15) is 0 Å². The molecule has 0 aliphatic carbocycles. The molecule has 1 aromatic carbocycles. The lowest BCUT2D eigenvalue weighted by Crippen LogP contribution is -2.07. The lowest BCUT2D eigenvalue weighted by molar-refractivity contribution is 0.632. The Bertz CT molecular complexity index is 631. The first-order chi connectivity index (χ1) is 9.51. The van der Waals surface area contributed by atoms with Crippen molar-refractivity contribution in [3.05, 3.63) is 40.4 Å². The monoisotopic (exact) mass is 294 g/mol. The Hall–Kier alpha value is -1.88. The van der Waals surface area contributed by atoms with Crippen LogP contribution in [-0.4, -0.2) is 9.97 Å². The second-order valence-corrected chi connectivity index (χ2v) is 4.93. The van der Waals surface area contributed by atoms with Gasteiger partial charge in [0.15, 0.2) is 0 Å². The van der Waals surface area contributed by atoms with Gasteiger partial charge in [0, 0.05) is 17.0 Å². The molecule has 0 atom stereocenters. The summed E-state index contributed by atoms with van der Waals surface area (Å²) in [5.41, 5.74) is 6.86. The van der Waals surface area contributed by atoms with Gasteiger partial charge in [-0.15, -0.1) is 0 Å². The quantitative estimate of drug-likeness (QED) is 0.899. The average molecular weight is 295 g/mol. The maximum Gasteiger partial charge on any atom is 0.148 e. The van der Waals surface area contributed by atoms with Crippen LogP contribution in [0.2, 0.25) is 5.02 Å². The maximum atomic E-state index is 13.8. The van der Waals surface area contributed by atoms with Gasteiger partial charge in [0.1, 0.15) is 23.3 Å². The summed E-state index contributed by atoms with van der Waals surface area (Å²) in [7, 11) is 0. The number of nitrogens with zero attached hydrogens (tertiary/aromatic N) is 2. The molecule has 106 valence electrons. The number of nitrogens with one attached hydrogen (secondary N) is 1. The van der Waals surface area contributed by atoms with E-state index in [4.69, 9.17) is 17.3 Å². The van der Waals surface area contributed by atoms with E-state index in [0.29, 0.717) is 33.7 Å². The smallest absolute Gasteiger partial charge is 0.148 e. The van der Waals surface area contributed by atoms with Crippen molar-refractivity contribution in [1.29, 1.82) is 0 Å². The molecule has 0 fully saturated rings. The molecular weight excluding hydrogens is 279 g/mol. The standard InChI is InChI=1S/C14H16ClFN4/c1-3-4-12-19-13(17)8(2)14(20-12)18-11-6-5-9(15)7-10(11)16/h5-7H,3-4H2,1-2H3,(H3,17,18,19,20). The van der Waals surface area contributed by atoms with Crippen LogP contribution in [0.3, 0.4) is 0 Å². The second kappa shape index (κ2) is 6.05. The number of aromatic nitrogens is 2. The summed E-state index contributed by atoms with van der Waals surface area (Å²) < 4.78 is 13.8. The summed E-state index contributed by atoms with van der Waals surface area (Å²) in [6.45, 7) is 3.83. The maximum absolute atomic E-state index is 13.8. The fraction of sp³-hybridized carbons (Fsp3) is 0.286. The molecule has 0 aliphatic rings. The van der Waals surface area contributed by atoms with Crippen LogP contribution >= 0.6 is 11.6 Å². The zero-order valence-electron chi connectivity index (χ0n) is 11.4. The van der Waals surface area contributed by atoms with E-state index in [-0.39, 0.29) is 0 Å². The van der Waals surface area contributed by atoms with Crippen LogP contribution in [0.1, 0.15) is 24.7 Å². The molecule has 1 heterocycles. The van der Waals surface area contributed by atoms with Crippen molar-refractivity contribution < 1.29 is 4.39 Å². The Kier molecular flexibility index (Phi) is 4.39. The summed E-state index contributed by atoms with van der Waals surface area (Å²) >= 11 is 5.73. The van der Waals surface area contributed by atoms with Gasteiger partial charge in [-0.1, -0.05) is 18.5 Å². The van der Waals surface area contributed by atoms with Crippen LogP contribution in [0.5, 0.6) is 0 Å². The summed E-state index contributed by atoms with van der Waals surface area (Å²) in [6, 6.07) is 4.42. The van der Waals surface area contributed by atoms with Crippen molar-refractivity contribution in [2.45, 2.75) is 26.7 Å². The molecular formula is C14H16ClFN4. The van der Waals surface area contributed by atoms with Gasteiger partial charge in [0.2, 0.25) is 0 Å². The lowest BCUT2D eigenvalue weighted by Gasteiger charge is -2.12. The van der Waals surface area contributed by atoms with Crippen LogP contribution in [0, 0.1) is 12.7 Å². The van der Waals surface area contributed by atoms with Gasteiger partial charge in [-0.05, 0) is 31.5 Å². The van der Waals surface area contributed by atoms with Crippen molar-refractivity contribution in [3.8, 4) is 0 Å². The van der Waals surface area contributed by atoms with Crippen molar-refractivity contribution in [2.75, 3.05) is 11.1 Å². The van der Waals surface area contributed by atoms with Gasteiger partial charge in [-0.3, -0.25) is 0 Å². The normalized spacial score (nSPS) is 10.6. The van der Waals surface area contributed by atoms with E-state index >= 15 is 0 Å². The number of anilines is 3. The highest BCUT2D eigenvalue weighted by Crippen LogP contribution is 2.25. The van der Waals surface area contributed by atoms with Gasteiger partial charge in [0.25, 0.3) is 0 Å². The number of hydrogen-bond acceptors (Lipinski definition) is 4. The van der Waals surface area contributed by atoms with Gasteiger partial charge in [-0.25, -0.2) is 14.4 Å². The zero-order valence-corrected chi connectivity index (χ0v) is 12.1. The summed E-state index contributed by atoms with van der Waals surface area (Å²) in [5.74, 6) is 1.13. The Morgan fingerprint density at radius 2 is 2.10 bits per heavy atom. The largest absolute Gasteiger partial charge is 0.383 e. The van der Waals surface area contributed by atoms with E-state index in [1.165, 1.54) is 6.07 Å². The topological polar surface area (TPSA) is 63.8 Å². The third-order valence-electron chi connectivity index (χ3n) is 2.89. The third kappa shape index (κ3) is 3.17. The van der Waals surface area contributed by atoms with Crippen LogP contribution in [0.4, 0.5) is 21.7 Å². The van der Waals surface area contributed by atoms with Gasteiger partial charge in [0.05, 0.1) is 5.69 Å². The van der Waals surface area contributed by atoms with Gasteiger partial charge >= 0.3 is 0 Å². The molecule has 2 aromatic rings. The lowest BCUT2D eigenvalue weighted by atomic mass is 10.2. The minimum Gasteiger partial charge on any atom is -0.383 e. The molecule has 0 spiro atoms. The van der Waals surface area contributed by atoms with Crippen LogP contribution in [-0.2, 0) is 6.42 Å². The molecule has 0 saturated heterocycles. The molecule has 0 amide bonds. The molecule has 3 N–H and O–H groups in total. The van der Waals surface area contributed by atoms with Crippen molar-refractivity contribution in [1.82, 2.24) is 9.97 Å². The fourth-order valence-electron chi connectivity index (χ4n) is 1.76. The first-order valence-electron chi connectivity index (χ1n) is 6.36. The number of nitrogens with two attached hydrogens (primary N) is 1. The number of nitrogen functional groups attached to an aromatic ring is 1. The van der Waals surface area contributed by atoms with E-state index in [9.17, 15) is 4.39 Å². The third-order valence-corrected chi connectivity index (χ3v) is 3.12. The van der Waals surface area contributed by atoms with Crippen LogP contribution in [0.15, 0.2) is 18.2 Å². The summed E-state index contributed by atoms with van der Waals surface area (Å²) in [4.78, 5) is 8.59. The first-order valence-corrected chi connectivity index (χ1v) is 6.74. The number of rotatable bonds is 4. The SMILES string of the molecule is CCCc1nc(N)c(C)c(Nc2ccc(Cl)cc2F)n1. The zero-order chi connectivity index (χ0) is 14.7. The Morgan fingerprint density at radius 1 is 1.35 bits per heavy atom. The Morgan fingerprint density at radius 3 is 2.75 bits per heavy atom. The van der Waals surface area contributed by atoms with Crippen LogP contribution < -0.4 is 11.1 Å². The molecule has 0 radical (unpaired) electrons. The highest BCUT2D eigenvalue weighted by Gasteiger charge is 2.11. The highest BCUT2D eigenvalue weighted by molar-refractivity contribution is 6.30. The van der Waals surface area contributed by atoms with E-state index in [0.717, 1.165) is 12.8 Å². The van der Waals surface area contributed by atoms with Crippen LogP contribution in [0.25, 0.3) is 0 Å². The average Bonchev–Trinajstić information content (AvgIpc) is 2.39. The molecule has 0 unspecified atom stereocenters. The van der Waals surface area contributed by atoms with E-state index in [1.54, 1.807) is 19.1 Å². The molecule has 2 rings (SSSR count). The minimum atomic E-state index is -0.439. The molecule has 0 saturated carbocycles. The number of aryl methyl sites for hydroxylation is 1. The van der Waals surface area contributed by atoms with E-state index < -0.39 is 5.82 Å². The van der Waals surface area contributed by atoms with Crippen molar-refractivity contribution in [2.24, 2.45) is 0 Å². The highest BCUT2D eigenvalue weighted by atomic mass is 35.5. The van der Waals surface area contributed by atoms with E-state index in [1.807, 2.05) is 6.92 Å². The number of hydrogen-bond donors (Lipinski definition) is 2. The second-order valence-electron chi connectivity index (χ2n) is 4.50. The molecule has 0 aliphatic heterocycles. The number of halogens is 2. The molecule has 6 heteroatoms. The number of benzene rings is 1. The summed E-state index contributed by atoms with van der Waals surface area (Å²) in [5, 5.41) is 3.29. The van der Waals surface area contributed by atoms with E-state index in [2.05, 4.69) is 15.3 Å². The molecule has 0 bridgehead atoms.